The van der Waals surface area contributed by atoms with Crippen molar-refractivity contribution in [1.82, 2.24) is 16.0 Å². The highest BCUT2D eigenvalue weighted by atomic mass is 16.7. The molecule has 0 spiro atoms. The Morgan fingerprint density at radius 2 is 1.73 bits per heavy atom. The zero-order chi connectivity index (χ0) is 33.6. The summed E-state index contributed by atoms with van der Waals surface area (Å²) >= 11 is 0. The third-order valence-corrected chi connectivity index (χ3v) is 6.65. The van der Waals surface area contributed by atoms with Gasteiger partial charge in [0.2, 0.25) is 0 Å². The quantitative estimate of drug-likeness (QED) is 0.0554. The number of nitrogens with zero attached hydrogens (tertiary/aromatic N) is 1. The number of hydrogen-bond acceptors (Lipinski definition) is 10. The first-order chi connectivity index (χ1) is 21.1. The first-order valence-corrected chi connectivity index (χ1v) is 14.8. The lowest BCUT2D eigenvalue weighted by Crippen LogP contribution is -2.50. The van der Waals surface area contributed by atoms with Gasteiger partial charge in [-0.25, -0.2) is 14.4 Å². The van der Waals surface area contributed by atoms with E-state index in [9.17, 15) is 24.5 Å². The normalized spacial score (nSPS) is 12.5. The number of anilines is 1. The summed E-state index contributed by atoms with van der Waals surface area (Å²) in [6.45, 7) is 12.9. The minimum atomic E-state index is -0.925. The first-order valence-electron chi connectivity index (χ1n) is 14.8. The highest BCUT2D eigenvalue weighted by Crippen LogP contribution is 2.20. The Morgan fingerprint density at radius 3 is 2.31 bits per heavy atom. The zero-order valence-electron chi connectivity index (χ0n) is 26.8. The third-order valence-electron chi connectivity index (χ3n) is 6.65. The van der Waals surface area contributed by atoms with Crippen LogP contribution in [0.4, 0.5) is 25.8 Å². The van der Waals surface area contributed by atoms with Crippen LogP contribution in [0.1, 0.15) is 58.6 Å². The molecule has 248 valence electrons. The van der Waals surface area contributed by atoms with Crippen molar-refractivity contribution in [3.63, 3.8) is 0 Å². The lowest BCUT2D eigenvalue weighted by atomic mass is 10.0. The molecule has 0 radical (unpaired) electrons. The number of rotatable bonds is 16. The van der Waals surface area contributed by atoms with E-state index < -0.39 is 28.8 Å². The maximum absolute atomic E-state index is 12.4. The van der Waals surface area contributed by atoms with Gasteiger partial charge in [0, 0.05) is 49.5 Å². The molecule has 0 aromatic heterocycles. The molecule has 6 N–H and O–H groups in total. The topological polar surface area (TPSA) is 196 Å². The fourth-order valence-electron chi connectivity index (χ4n) is 4.15. The van der Waals surface area contributed by atoms with Crippen LogP contribution in [0.3, 0.4) is 0 Å². The zero-order valence-corrected chi connectivity index (χ0v) is 26.8. The van der Waals surface area contributed by atoms with Crippen LogP contribution in [0, 0.1) is 23.0 Å². The van der Waals surface area contributed by atoms with E-state index >= 15 is 0 Å². The number of nitrogens with one attached hydrogen (secondary N) is 4. The molecule has 0 aliphatic rings. The van der Waals surface area contributed by atoms with Crippen molar-refractivity contribution in [3.8, 4) is 5.75 Å². The number of nitrogens with two attached hydrogens (primary N) is 1. The van der Waals surface area contributed by atoms with Crippen LogP contribution in [-0.4, -0.2) is 60.5 Å². The molecule has 0 bridgehead atoms. The number of non-ortho nitro benzene ring substituents is 1. The summed E-state index contributed by atoms with van der Waals surface area (Å²) in [5.74, 6) is 0.287. The van der Waals surface area contributed by atoms with Gasteiger partial charge in [0.15, 0.2) is 0 Å². The van der Waals surface area contributed by atoms with E-state index in [1.54, 1.807) is 0 Å². The van der Waals surface area contributed by atoms with E-state index in [0.717, 1.165) is 23.2 Å². The molecule has 2 atom stereocenters. The minimum absolute atomic E-state index is 0.00105. The molecule has 2 aromatic rings. The Hall–Kier alpha value is -4.59. The van der Waals surface area contributed by atoms with Gasteiger partial charge in [-0.1, -0.05) is 19.9 Å². The van der Waals surface area contributed by atoms with Crippen molar-refractivity contribution in [2.24, 2.45) is 11.7 Å². The van der Waals surface area contributed by atoms with Gasteiger partial charge in [-0.3, -0.25) is 10.1 Å². The van der Waals surface area contributed by atoms with Crippen molar-refractivity contribution < 1.29 is 33.5 Å². The Kier molecular flexibility index (Phi) is 14.3. The lowest BCUT2D eigenvalue weighted by molar-refractivity contribution is -0.384. The minimum Gasteiger partial charge on any atom is -0.444 e. The Morgan fingerprint density at radius 1 is 1.04 bits per heavy atom. The predicted molar refractivity (Wildman–Crippen MR) is 170 cm³/mol. The molecule has 0 saturated heterocycles. The SMILES string of the molecule is Cc1cc(NC[C@H](CCCNC(N)=O)NC[C@@H](NC(=O)OC(C)(C)C)C(C)C)ccc1COC(=O)Oc1ccc([N+](=O)[O-])cc1. The monoisotopic (exact) mass is 630 g/mol. The van der Waals surface area contributed by atoms with Crippen molar-refractivity contribution in [2.75, 3.05) is 25.0 Å². The van der Waals surface area contributed by atoms with E-state index in [-0.39, 0.29) is 36.0 Å². The molecule has 0 unspecified atom stereocenters. The second kappa shape index (κ2) is 17.6. The first kappa shape index (κ1) is 36.6. The summed E-state index contributed by atoms with van der Waals surface area (Å²) in [5, 5.41) is 23.3. The van der Waals surface area contributed by atoms with Gasteiger partial charge in [-0.2, -0.15) is 0 Å². The van der Waals surface area contributed by atoms with Crippen LogP contribution in [0.25, 0.3) is 0 Å². The van der Waals surface area contributed by atoms with Crippen LogP contribution in [0.2, 0.25) is 0 Å². The van der Waals surface area contributed by atoms with Crippen LogP contribution in [0.15, 0.2) is 42.5 Å². The number of amides is 3. The van der Waals surface area contributed by atoms with Crippen LogP contribution < -0.4 is 31.7 Å². The average molecular weight is 631 g/mol. The second-order valence-corrected chi connectivity index (χ2v) is 11.9. The number of alkyl carbamates (subject to hydrolysis) is 1. The number of hydrogen-bond donors (Lipinski definition) is 5. The molecule has 45 heavy (non-hydrogen) atoms. The number of aryl methyl sites for hydroxylation is 1. The highest BCUT2D eigenvalue weighted by Gasteiger charge is 2.22. The summed E-state index contributed by atoms with van der Waals surface area (Å²) in [6.07, 6.45) is 0.0275. The van der Waals surface area contributed by atoms with Crippen molar-refractivity contribution in [1.29, 1.82) is 0 Å². The van der Waals surface area contributed by atoms with Gasteiger partial charge in [0.25, 0.3) is 5.69 Å². The molecule has 0 aliphatic heterocycles. The van der Waals surface area contributed by atoms with Crippen LogP contribution in [0.5, 0.6) is 5.75 Å². The van der Waals surface area contributed by atoms with E-state index in [0.29, 0.717) is 26.1 Å². The van der Waals surface area contributed by atoms with Gasteiger partial charge < -0.3 is 41.2 Å². The molecular formula is C31H46N6O8. The molecule has 14 heteroatoms. The Bertz CT molecular complexity index is 1280. The molecular weight excluding hydrogens is 584 g/mol. The van der Waals surface area contributed by atoms with Gasteiger partial charge in [-0.05, 0) is 81.8 Å². The van der Waals surface area contributed by atoms with Gasteiger partial charge in [0.05, 0.1) is 4.92 Å². The van der Waals surface area contributed by atoms with E-state index in [1.807, 2.05) is 59.7 Å². The van der Waals surface area contributed by atoms with Crippen molar-refractivity contribution >= 4 is 29.7 Å². The highest BCUT2D eigenvalue weighted by molar-refractivity contribution is 5.71. The maximum atomic E-state index is 12.4. The summed E-state index contributed by atoms with van der Waals surface area (Å²) in [7, 11) is 0. The second-order valence-electron chi connectivity index (χ2n) is 11.9. The number of primary amides is 1. The summed E-state index contributed by atoms with van der Waals surface area (Å²) in [5.41, 5.74) is 7.01. The standard InChI is InChI=1S/C31H46N6O8/c1-20(2)27(36-29(39)45-31(4,5)6)18-35-24(8-7-15-33-28(32)38)17-34-23-10-9-22(21(3)16-23)19-43-30(40)44-26-13-11-25(12-14-26)37(41)42/h9-14,16,20,24,27,34-35H,7-8,15,17-19H2,1-6H3,(H,36,39)(H3,32,33,38)/t24-,27+/m0/s1. The number of ether oxygens (including phenoxy) is 3. The number of nitro groups is 1. The van der Waals surface area contributed by atoms with E-state index in [2.05, 4.69) is 21.3 Å². The predicted octanol–water partition coefficient (Wildman–Crippen LogP) is 4.99. The van der Waals surface area contributed by atoms with Crippen LogP contribution in [-0.2, 0) is 16.1 Å². The molecule has 0 aliphatic carbocycles. The number of urea groups is 1. The Balaban J connectivity index is 1.95. The van der Waals surface area contributed by atoms with Crippen molar-refractivity contribution in [2.45, 2.75) is 78.7 Å². The largest absolute Gasteiger partial charge is 0.514 e. The fourth-order valence-corrected chi connectivity index (χ4v) is 4.15. The molecule has 14 nitrogen and oxygen atoms in total. The molecule has 2 aromatic carbocycles. The summed E-state index contributed by atoms with van der Waals surface area (Å²) in [6, 6.07) is 10.0. The number of nitro benzene ring substituents is 1. The van der Waals surface area contributed by atoms with Crippen LogP contribution >= 0.6 is 0 Å². The lowest BCUT2D eigenvalue weighted by Gasteiger charge is -2.28. The third kappa shape index (κ3) is 14.6. The number of carbonyl (C=O) groups is 3. The average Bonchev–Trinajstić information content (AvgIpc) is 2.94. The molecule has 2 rings (SSSR count). The Labute approximate surface area is 263 Å². The van der Waals surface area contributed by atoms with Gasteiger partial charge in [-0.15, -0.1) is 0 Å². The molecule has 0 saturated carbocycles. The molecule has 3 amide bonds. The fraction of sp³-hybridized carbons (Fsp3) is 0.516. The van der Waals surface area contributed by atoms with Crippen molar-refractivity contribution in [3.05, 3.63) is 63.7 Å². The molecule has 0 heterocycles. The smallest absolute Gasteiger partial charge is 0.444 e. The van der Waals surface area contributed by atoms with Gasteiger partial charge in [0.1, 0.15) is 18.0 Å². The number of benzene rings is 2. The van der Waals surface area contributed by atoms with E-state index in [1.165, 1.54) is 24.3 Å². The van der Waals surface area contributed by atoms with E-state index in [4.69, 9.17) is 19.9 Å². The maximum Gasteiger partial charge on any atom is 0.514 e. The van der Waals surface area contributed by atoms with Gasteiger partial charge >= 0.3 is 18.3 Å². The molecule has 0 fully saturated rings. The summed E-state index contributed by atoms with van der Waals surface area (Å²) < 4.78 is 15.7. The summed E-state index contributed by atoms with van der Waals surface area (Å²) in [4.78, 5) is 45.8. The number of carbonyl (C=O) groups excluding carboxylic acids is 3.